The summed E-state index contributed by atoms with van der Waals surface area (Å²) in [4.78, 5) is 44.2. The number of ketones is 1. The van der Waals surface area contributed by atoms with Gasteiger partial charge in [0.2, 0.25) is 11.8 Å². The van der Waals surface area contributed by atoms with Crippen molar-refractivity contribution in [3.8, 4) is 0 Å². The summed E-state index contributed by atoms with van der Waals surface area (Å²) in [7, 11) is 0. The van der Waals surface area contributed by atoms with Crippen molar-refractivity contribution < 1.29 is 14.4 Å². The first-order valence-electron chi connectivity index (χ1n) is 11.0. The van der Waals surface area contributed by atoms with Crippen molar-refractivity contribution in [3.05, 3.63) is 77.3 Å². The summed E-state index contributed by atoms with van der Waals surface area (Å²) in [5, 5.41) is 2.58. The van der Waals surface area contributed by atoms with Crippen LogP contribution in [0.4, 0.5) is 5.69 Å². The molecule has 0 bridgehead atoms. The van der Waals surface area contributed by atoms with Gasteiger partial charge >= 0.3 is 0 Å². The lowest BCUT2D eigenvalue weighted by atomic mass is 9.85. The minimum absolute atomic E-state index is 0.0665. The number of benzene rings is 3. The number of rotatable bonds is 3. The molecule has 0 aliphatic carbocycles. The van der Waals surface area contributed by atoms with Gasteiger partial charge in [0.25, 0.3) is 0 Å². The monoisotopic (exact) mass is 444 g/mol. The van der Waals surface area contributed by atoms with Gasteiger partial charge < -0.3 is 0 Å². The molecule has 2 amide bonds. The highest BCUT2D eigenvalue weighted by Crippen LogP contribution is 2.48. The quantitative estimate of drug-likeness (QED) is 0.445. The third kappa shape index (κ3) is 2.78. The highest BCUT2D eigenvalue weighted by molar-refractivity contribution is 6.30. The maximum atomic E-state index is 13.7. The van der Waals surface area contributed by atoms with Crippen LogP contribution in [0.5, 0.6) is 0 Å². The number of anilines is 1. The SMILES string of the molecule is O=C(c1ccc(Cl)cc1)[C@@H]1[C@@H]2C(=O)N(c3ccc4ccccc4c3)C(=O)[C@H]2[C@H]2CCCN21. The van der Waals surface area contributed by atoms with Crippen LogP contribution < -0.4 is 4.90 Å². The van der Waals surface area contributed by atoms with Gasteiger partial charge in [0.1, 0.15) is 0 Å². The topological polar surface area (TPSA) is 57.7 Å². The number of hydrogen-bond acceptors (Lipinski definition) is 4. The smallest absolute Gasteiger partial charge is 0.239 e. The molecule has 5 nitrogen and oxygen atoms in total. The molecule has 3 aromatic carbocycles. The van der Waals surface area contributed by atoms with E-state index in [4.69, 9.17) is 11.6 Å². The second-order valence-electron chi connectivity index (χ2n) is 8.86. The van der Waals surface area contributed by atoms with Crippen molar-refractivity contribution in [1.29, 1.82) is 0 Å². The fraction of sp³-hybridized carbons (Fsp3) is 0.269. The second-order valence-corrected chi connectivity index (χ2v) is 9.29. The molecule has 3 aromatic rings. The molecule has 0 N–H and O–H groups in total. The van der Waals surface area contributed by atoms with Gasteiger partial charge in [-0.15, -0.1) is 0 Å². The summed E-state index contributed by atoms with van der Waals surface area (Å²) >= 11 is 6.00. The molecule has 3 saturated heterocycles. The van der Waals surface area contributed by atoms with E-state index < -0.39 is 17.9 Å². The van der Waals surface area contributed by atoms with Gasteiger partial charge in [-0.1, -0.05) is 41.9 Å². The molecule has 6 rings (SSSR count). The Kier molecular flexibility index (Phi) is 4.46. The summed E-state index contributed by atoms with van der Waals surface area (Å²) in [5.74, 6) is -1.68. The zero-order valence-corrected chi connectivity index (χ0v) is 18.0. The molecule has 0 aromatic heterocycles. The number of imide groups is 1. The normalized spacial score (nSPS) is 27.2. The largest absolute Gasteiger partial charge is 0.292 e. The Balaban J connectivity index is 1.41. The van der Waals surface area contributed by atoms with Gasteiger partial charge in [-0.3, -0.25) is 19.3 Å². The van der Waals surface area contributed by atoms with Crippen molar-refractivity contribution >= 4 is 45.7 Å². The lowest BCUT2D eigenvalue weighted by Gasteiger charge is -2.27. The number of amides is 2. The molecule has 0 spiro atoms. The Morgan fingerprint density at radius 3 is 2.38 bits per heavy atom. The van der Waals surface area contributed by atoms with Crippen molar-refractivity contribution in [2.45, 2.75) is 24.9 Å². The minimum atomic E-state index is -0.651. The van der Waals surface area contributed by atoms with Crippen molar-refractivity contribution in [2.75, 3.05) is 11.4 Å². The molecule has 3 aliphatic heterocycles. The van der Waals surface area contributed by atoms with E-state index in [-0.39, 0.29) is 23.6 Å². The van der Waals surface area contributed by atoms with E-state index in [2.05, 4.69) is 4.90 Å². The van der Waals surface area contributed by atoms with Gasteiger partial charge in [-0.2, -0.15) is 0 Å². The van der Waals surface area contributed by atoms with E-state index in [1.165, 1.54) is 4.90 Å². The molecule has 4 atom stereocenters. The zero-order chi connectivity index (χ0) is 22.0. The highest BCUT2D eigenvalue weighted by atomic mass is 35.5. The number of nitrogens with zero attached hydrogens (tertiary/aromatic N) is 2. The van der Waals surface area contributed by atoms with Crippen LogP contribution in [0, 0.1) is 11.8 Å². The van der Waals surface area contributed by atoms with Gasteiger partial charge in [0.05, 0.1) is 23.6 Å². The molecule has 0 radical (unpaired) electrons. The van der Waals surface area contributed by atoms with Crippen LogP contribution >= 0.6 is 11.6 Å². The molecule has 6 heteroatoms. The molecule has 32 heavy (non-hydrogen) atoms. The summed E-state index contributed by atoms with van der Waals surface area (Å²) in [5.41, 5.74) is 1.10. The zero-order valence-electron chi connectivity index (χ0n) is 17.3. The maximum absolute atomic E-state index is 13.7. The summed E-state index contributed by atoms with van der Waals surface area (Å²) < 4.78 is 0. The fourth-order valence-corrected chi connectivity index (χ4v) is 6.00. The Hall–Kier alpha value is -3.02. The maximum Gasteiger partial charge on any atom is 0.239 e. The molecular formula is C26H21ClN2O3. The summed E-state index contributed by atoms with van der Waals surface area (Å²) in [6, 6.07) is 19.6. The van der Waals surface area contributed by atoms with E-state index in [1.54, 1.807) is 24.3 Å². The standard InChI is InChI=1S/C26H21ClN2O3/c27-18-10-7-16(8-11-18)24(30)23-22-21(20-6-3-13-28(20)23)25(31)29(26(22)32)19-12-9-15-4-1-2-5-17(15)14-19/h1-2,4-5,7-12,14,20-23H,3,6,13H2/t20-,21+,22-,23+/m1/s1. The number of hydrogen-bond donors (Lipinski definition) is 0. The highest BCUT2D eigenvalue weighted by Gasteiger charge is 2.64. The van der Waals surface area contributed by atoms with Crippen LogP contribution in [-0.4, -0.2) is 41.1 Å². The van der Waals surface area contributed by atoms with Crippen molar-refractivity contribution in [1.82, 2.24) is 4.90 Å². The Morgan fingerprint density at radius 2 is 1.59 bits per heavy atom. The van der Waals surface area contributed by atoms with E-state index in [0.717, 1.165) is 30.2 Å². The third-order valence-electron chi connectivity index (χ3n) is 7.24. The van der Waals surface area contributed by atoms with Crippen molar-refractivity contribution in [2.24, 2.45) is 11.8 Å². The number of fused-ring (bicyclic) bond motifs is 4. The first-order valence-corrected chi connectivity index (χ1v) is 11.3. The Morgan fingerprint density at radius 1 is 0.875 bits per heavy atom. The fourth-order valence-electron chi connectivity index (χ4n) is 5.87. The average molecular weight is 445 g/mol. The van der Waals surface area contributed by atoms with Gasteiger partial charge in [0.15, 0.2) is 5.78 Å². The minimum Gasteiger partial charge on any atom is -0.292 e. The molecule has 3 heterocycles. The first kappa shape index (κ1) is 19.6. The van der Waals surface area contributed by atoms with Crippen LogP contribution in [0.3, 0.4) is 0 Å². The van der Waals surface area contributed by atoms with E-state index in [9.17, 15) is 14.4 Å². The average Bonchev–Trinajstić information content (AvgIpc) is 3.45. The molecular weight excluding hydrogens is 424 g/mol. The van der Waals surface area contributed by atoms with Crippen LogP contribution in [-0.2, 0) is 9.59 Å². The molecule has 0 unspecified atom stereocenters. The lowest BCUT2D eigenvalue weighted by molar-refractivity contribution is -0.123. The Labute approximate surface area is 190 Å². The number of halogens is 1. The summed E-state index contributed by atoms with van der Waals surface area (Å²) in [6.45, 7) is 0.734. The predicted molar refractivity (Wildman–Crippen MR) is 123 cm³/mol. The van der Waals surface area contributed by atoms with Gasteiger partial charge in [0, 0.05) is 16.6 Å². The van der Waals surface area contributed by atoms with Gasteiger partial charge in [-0.05, 0) is 66.6 Å². The summed E-state index contributed by atoms with van der Waals surface area (Å²) in [6.07, 6.45) is 1.76. The van der Waals surface area contributed by atoms with E-state index >= 15 is 0 Å². The van der Waals surface area contributed by atoms with Crippen LogP contribution in [0.1, 0.15) is 23.2 Å². The third-order valence-corrected chi connectivity index (χ3v) is 7.49. The molecule has 3 fully saturated rings. The number of Topliss-reactive ketones (excluding diaryl/α,β-unsaturated/α-hetero) is 1. The first-order chi connectivity index (χ1) is 15.5. The van der Waals surface area contributed by atoms with Crippen LogP contribution in [0.15, 0.2) is 66.7 Å². The predicted octanol–water partition coefficient (Wildman–Crippen LogP) is 4.33. The van der Waals surface area contributed by atoms with E-state index in [1.807, 2.05) is 42.5 Å². The number of carbonyl (C=O) groups is 3. The molecule has 160 valence electrons. The van der Waals surface area contributed by atoms with Crippen LogP contribution in [0.25, 0.3) is 10.8 Å². The van der Waals surface area contributed by atoms with E-state index in [0.29, 0.717) is 16.3 Å². The lowest BCUT2D eigenvalue weighted by Crippen LogP contribution is -2.46. The second kappa shape index (κ2) is 7.26. The van der Waals surface area contributed by atoms with Gasteiger partial charge in [-0.25, -0.2) is 4.90 Å². The number of carbonyl (C=O) groups excluding carboxylic acids is 3. The molecule has 3 aliphatic rings. The Bertz CT molecular complexity index is 1270. The molecule has 0 saturated carbocycles. The van der Waals surface area contributed by atoms with Crippen LogP contribution in [0.2, 0.25) is 5.02 Å². The van der Waals surface area contributed by atoms with Crippen molar-refractivity contribution in [3.63, 3.8) is 0 Å².